The third-order valence-electron chi connectivity index (χ3n) is 6.80. The van der Waals surface area contributed by atoms with Gasteiger partial charge in [0.05, 0.1) is 13.1 Å². The minimum Gasteiger partial charge on any atom is -0.479 e. The van der Waals surface area contributed by atoms with Gasteiger partial charge in [-0.1, -0.05) is 60.5 Å². The number of carboxylic acid groups (broad SMARTS) is 1. The summed E-state index contributed by atoms with van der Waals surface area (Å²) in [7, 11) is 0. The number of hydrogen-bond acceptors (Lipinski definition) is 4. The maximum atomic E-state index is 13.5. The lowest BCUT2D eigenvalue weighted by Crippen LogP contribution is -2.36. The average Bonchev–Trinajstić information content (AvgIpc) is 2.94. The van der Waals surface area contributed by atoms with Crippen molar-refractivity contribution in [1.29, 1.82) is 0 Å². The van der Waals surface area contributed by atoms with Crippen molar-refractivity contribution in [2.45, 2.75) is 38.8 Å². The number of halogens is 2. The smallest absolute Gasteiger partial charge is 0.334 e. The Morgan fingerprint density at radius 3 is 2.27 bits per heavy atom. The maximum Gasteiger partial charge on any atom is 0.334 e. The SMILES string of the molecule is CC1C=C(c2ccc(N(Cc3ccc(C(=O)NCC(O)C(=O)O)cc3)C(=O)Nc3cc(Cl)cc(Cl)c3)cc2)CCC1. The summed E-state index contributed by atoms with van der Waals surface area (Å²) >= 11 is 12.3. The molecule has 0 saturated carbocycles. The average molecular weight is 597 g/mol. The number of hydrogen-bond donors (Lipinski definition) is 4. The van der Waals surface area contributed by atoms with Gasteiger partial charge < -0.3 is 20.8 Å². The van der Waals surface area contributed by atoms with Crippen molar-refractivity contribution in [3.8, 4) is 0 Å². The first-order valence-corrected chi connectivity index (χ1v) is 14.0. The number of benzene rings is 3. The van der Waals surface area contributed by atoms with Crippen LogP contribution in [0, 0.1) is 5.92 Å². The van der Waals surface area contributed by atoms with Crippen molar-refractivity contribution in [3.63, 3.8) is 0 Å². The second kappa shape index (κ2) is 13.7. The number of rotatable bonds is 9. The number of urea groups is 1. The van der Waals surface area contributed by atoms with E-state index in [0.29, 0.717) is 27.3 Å². The topological polar surface area (TPSA) is 119 Å². The van der Waals surface area contributed by atoms with Crippen molar-refractivity contribution in [2.75, 3.05) is 16.8 Å². The van der Waals surface area contributed by atoms with Gasteiger partial charge >= 0.3 is 12.0 Å². The van der Waals surface area contributed by atoms with E-state index >= 15 is 0 Å². The lowest BCUT2D eigenvalue weighted by Gasteiger charge is -2.25. The fourth-order valence-electron chi connectivity index (χ4n) is 4.64. The van der Waals surface area contributed by atoms with Crippen LogP contribution in [0.2, 0.25) is 10.0 Å². The highest BCUT2D eigenvalue weighted by Gasteiger charge is 2.19. The van der Waals surface area contributed by atoms with Crippen LogP contribution in [0.5, 0.6) is 0 Å². The number of carbonyl (C=O) groups is 3. The standard InChI is InChI=1S/C31H31Cl2N3O5/c1-19-3-2-4-23(13-19)21-9-11-27(12-10-21)36(31(41)35-26-15-24(32)14-25(33)16-26)18-20-5-7-22(8-6-20)29(38)34-17-28(37)30(39)40/h5-16,19,28,37H,2-4,17-18H2,1H3,(H,34,38)(H,35,41)(H,39,40). The first-order chi connectivity index (χ1) is 19.6. The zero-order chi connectivity index (χ0) is 29.5. The summed E-state index contributed by atoms with van der Waals surface area (Å²) in [5, 5.41) is 24.2. The van der Waals surface area contributed by atoms with Crippen LogP contribution in [0.15, 0.2) is 72.8 Å². The predicted molar refractivity (Wildman–Crippen MR) is 162 cm³/mol. The minimum atomic E-state index is -1.69. The summed E-state index contributed by atoms with van der Waals surface area (Å²) in [6.07, 6.45) is 3.99. The number of nitrogens with zero attached hydrogens (tertiary/aromatic N) is 1. The Morgan fingerprint density at radius 2 is 1.66 bits per heavy atom. The molecule has 0 saturated heterocycles. The Kier molecular flexibility index (Phi) is 10.0. The van der Waals surface area contributed by atoms with Gasteiger partial charge in [-0.2, -0.15) is 0 Å². The number of nitrogens with one attached hydrogen (secondary N) is 2. The molecule has 0 aromatic heterocycles. The van der Waals surface area contributed by atoms with Gasteiger partial charge in [0, 0.05) is 27.0 Å². The van der Waals surface area contributed by atoms with E-state index in [1.807, 2.05) is 24.3 Å². The van der Waals surface area contributed by atoms with E-state index < -0.39 is 30.6 Å². The van der Waals surface area contributed by atoms with Crippen molar-refractivity contribution in [1.82, 2.24) is 5.32 Å². The Labute approximate surface area is 248 Å². The molecule has 0 spiro atoms. The van der Waals surface area contributed by atoms with Gasteiger partial charge in [-0.05, 0) is 84.3 Å². The molecule has 4 rings (SSSR count). The molecule has 0 radical (unpaired) electrons. The van der Waals surface area contributed by atoms with Crippen LogP contribution in [0.25, 0.3) is 5.57 Å². The van der Waals surface area contributed by atoms with E-state index in [1.54, 1.807) is 47.4 Å². The Morgan fingerprint density at radius 1 is 1.00 bits per heavy atom. The third kappa shape index (κ3) is 8.33. The second-order valence-electron chi connectivity index (χ2n) is 10.0. The molecule has 10 heteroatoms. The largest absolute Gasteiger partial charge is 0.479 e. The maximum absolute atomic E-state index is 13.5. The zero-order valence-corrected chi connectivity index (χ0v) is 24.0. The van der Waals surface area contributed by atoms with Gasteiger partial charge in [0.1, 0.15) is 0 Å². The molecule has 4 N–H and O–H groups in total. The second-order valence-corrected chi connectivity index (χ2v) is 10.9. The van der Waals surface area contributed by atoms with Gasteiger partial charge in [-0.25, -0.2) is 9.59 Å². The normalized spacial score (nSPS) is 15.4. The summed E-state index contributed by atoms with van der Waals surface area (Å²) in [5.41, 5.74) is 4.60. The highest BCUT2D eigenvalue weighted by atomic mass is 35.5. The summed E-state index contributed by atoms with van der Waals surface area (Å²) in [5.74, 6) is -1.40. The molecule has 2 atom stereocenters. The number of amides is 3. The summed E-state index contributed by atoms with van der Waals surface area (Å²) in [6.45, 7) is 2.00. The molecule has 0 fully saturated rings. The van der Waals surface area contributed by atoms with Crippen LogP contribution in [0.4, 0.5) is 16.2 Å². The monoisotopic (exact) mass is 595 g/mol. The van der Waals surface area contributed by atoms with E-state index in [9.17, 15) is 19.5 Å². The molecule has 0 aliphatic heterocycles. The number of aliphatic hydroxyl groups excluding tert-OH is 1. The Balaban J connectivity index is 1.55. The van der Waals surface area contributed by atoms with Crippen LogP contribution < -0.4 is 15.5 Å². The molecule has 41 heavy (non-hydrogen) atoms. The van der Waals surface area contributed by atoms with Gasteiger partial charge in [0.15, 0.2) is 6.10 Å². The zero-order valence-electron chi connectivity index (χ0n) is 22.4. The lowest BCUT2D eigenvalue weighted by atomic mass is 9.88. The molecule has 1 aliphatic rings. The quantitative estimate of drug-likeness (QED) is 0.222. The van der Waals surface area contributed by atoms with Gasteiger partial charge in [0.2, 0.25) is 0 Å². The van der Waals surface area contributed by atoms with Crippen LogP contribution in [-0.2, 0) is 11.3 Å². The van der Waals surface area contributed by atoms with Crippen LogP contribution in [0.3, 0.4) is 0 Å². The third-order valence-corrected chi connectivity index (χ3v) is 7.23. The van der Waals surface area contributed by atoms with Gasteiger partial charge in [0.25, 0.3) is 5.91 Å². The number of aliphatic hydroxyl groups is 1. The molecule has 3 aromatic rings. The number of allylic oxidation sites excluding steroid dienone is 2. The Bertz CT molecular complexity index is 1420. The van der Waals surface area contributed by atoms with Crippen molar-refractivity contribution >= 4 is 58.1 Å². The van der Waals surface area contributed by atoms with E-state index in [4.69, 9.17) is 28.3 Å². The first kappa shape index (κ1) is 30.1. The molecule has 8 nitrogen and oxygen atoms in total. The summed E-state index contributed by atoms with van der Waals surface area (Å²) in [4.78, 5) is 38.2. The fraction of sp³-hybridized carbons (Fsp3) is 0.258. The summed E-state index contributed by atoms with van der Waals surface area (Å²) in [6, 6.07) is 18.8. The van der Waals surface area contributed by atoms with Crippen molar-refractivity contribution < 1.29 is 24.6 Å². The molecule has 3 amide bonds. The van der Waals surface area contributed by atoms with Crippen LogP contribution in [0.1, 0.15) is 47.7 Å². The predicted octanol–water partition coefficient (Wildman–Crippen LogP) is 6.61. The van der Waals surface area contributed by atoms with E-state index in [-0.39, 0.29) is 12.1 Å². The molecular formula is C31H31Cl2N3O5. The lowest BCUT2D eigenvalue weighted by molar-refractivity contribution is -0.146. The van der Waals surface area contributed by atoms with Gasteiger partial charge in [-0.15, -0.1) is 0 Å². The number of carbonyl (C=O) groups excluding carboxylic acids is 2. The number of carboxylic acids is 1. The van der Waals surface area contributed by atoms with E-state index in [0.717, 1.165) is 24.0 Å². The summed E-state index contributed by atoms with van der Waals surface area (Å²) < 4.78 is 0. The highest BCUT2D eigenvalue weighted by molar-refractivity contribution is 6.35. The van der Waals surface area contributed by atoms with Crippen molar-refractivity contribution in [2.24, 2.45) is 5.92 Å². The Hall–Kier alpha value is -3.85. The van der Waals surface area contributed by atoms with Gasteiger partial charge in [-0.3, -0.25) is 9.69 Å². The highest BCUT2D eigenvalue weighted by Crippen LogP contribution is 2.31. The molecular weight excluding hydrogens is 565 g/mol. The molecule has 3 aromatic carbocycles. The van der Waals surface area contributed by atoms with Crippen molar-refractivity contribution in [3.05, 3.63) is 99.5 Å². The molecule has 1 aliphatic carbocycles. The molecule has 214 valence electrons. The number of aliphatic carboxylic acids is 1. The number of anilines is 2. The van der Waals surface area contributed by atoms with E-state index in [2.05, 4.69) is 23.6 Å². The molecule has 0 bridgehead atoms. The van der Waals surface area contributed by atoms with Crippen LogP contribution >= 0.6 is 23.2 Å². The molecule has 2 unspecified atom stereocenters. The van der Waals surface area contributed by atoms with E-state index in [1.165, 1.54) is 12.0 Å². The fourth-order valence-corrected chi connectivity index (χ4v) is 5.17. The first-order valence-electron chi connectivity index (χ1n) is 13.2. The minimum absolute atomic E-state index is 0.193. The van der Waals surface area contributed by atoms with Crippen LogP contribution in [-0.4, -0.2) is 40.8 Å². The molecule has 0 heterocycles.